The lowest BCUT2D eigenvalue weighted by molar-refractivity contribution is 0.0749. The Labute approximate surface area is 156 Å². The Morgan fingerprint density at radius 3 is 2.74 bits per heavy atom. The predicted molar refractivity (Wildman–Crippen MR) is 97.8 cm³/mol. The molecule has 0 bridgehead atoms. The van der Waals surface area contributed by atoms with Gasteiger partial charge in [0, 0.05) is 19.2 Å². The Morgan fingerprint density at radius 1 is 1.07 bits per heavy atom. The van der Waals surface area contributed by atoms with Gasteiger partial charge < -0.3 is 23.5 Å². The van der Waals surface area contributed by atoms with E-state index >= 15 is 0 Å². The number of rotatable bonds is 6. The van der Waals surface area contributed by atoms with E-state index in [1.165, 1.54) is 6.26 Å². The van der Waals surface area contributed by atoms with Crippen LogP contribution in [0.3, 0.4) is 0 Å². The van der Waals surface area contributed by atoms with Gasteiger partial charge in [0.2, 0.25) is 6.79 Å². The molecular weight excluding hydrogens is 346 g/mol. The fourth-order valence-electron chi connectivity index (χ4n) is 2.87. The highest BCUT2D eigenvalue weighted by Gasteiger charge is 2.21. The van der Waals surface area contributed by atoms with Crippen molar-refractivity contribution < 1.29 is 23.4 Å². The summed E-state index contributed by atoms with van der Waals surface area (Å²) in [6, 6.07) is 16.9. The Morgan fingerprint density at radius 2 is 1.89 bits per heavy atom. The van der Waals surface area contributed by atoms with E-state index in [2.05, 4.69) is 0 Å². The number of benzene rings is 2. The first kappa shape index (κ1) is 17.0. The molecule has 1 aromatic heterocycles. The molecule has 2 heterocycles. The van der Waals surface area contributed by atoms with Gasteiger partial charge in [-0.05, 0) is 35.9 Å². The molecule has 1 amide bonds. The van der Waals surface area contributed by atoms with Gasteiger partial charge in [0.15, 0.2) is 17.3 Å². The van der Waals surface area contributed by atoms with Gasteiger partial charge in [0.1, 0.15) is 12.4 Å². The van der Waals surface area contributed by atoms with Crippen molar-refractivity contribution in [3.05, 3.63) is 77.7 Å². The van der Waals surface area contributed by atoms with Gasteiger partial charge in [0.05, 0.1) is 6.26 Å². The number of amides is 1. The number of hydrogen-bond acceptors (Lipinski definition) is 5. The van der Waals surface area contributed by atoms with Crippen molar-refractivity contribution in [1.29, 1.82) is 0 Å². The molecule has 0 N–H and O–H groups in total. The molecule has 0 atom stereocenters. The lowest BCUT2D eigenvalue weighted by atomic mass is 10.1. The molecule has 0 radical (unpaired) electrons. The standard InChI is InChI=1S/C21H19NO5/c1-22(12-15-7-8-18-19(11-15)27-14-26-18)21(23)20-16(9-10-24-20)13-25-17-5-3-2-4-6-17/h2-11H,12-14H2,1H3. The molecule has 6 heteroatoms. The van der Waals surface area contributed by atoms with Gasteiger partial charge in [-0.2, -0.15) is 0 Å². The lowest BCUT2D eigenvalue weighted by Gasteiger charge is -2.17. The first-order valence-corrected chi connectivity index (χ1v) is 8.59. The highest BCUT2D eigenvalue weighted by atomic mass is 16.7. The number of nitrogens with zero attached hydrogens (tertiary/aromatic N) is 1. The Kier molecular flexibility index (Phi) is 4.70. The van der Waals surface area contributed by atoms with Crippen LogP contribution in [0, 0.1) is 0 Å². The molecule has 0 fully saturated rings. The SMILES string of the molecule is CN(Cc1ccc2c(c1)OCO2)C(=O)c1occc1COc1ccccc1. The van der Waals surface area contributed by atoms with E-state index in [9.17, 15) is 4.79 Å². The summed E-state index contributed by atoms with van der Waals surface area (Å²) in [5, 5.41) is 0. The molecule has 3 aromatic rings. The zero-order chi connectivity index (χ0) is 18.6. The summed E-state index contributed by atoms with van der Waals surface area (Å²) >= 11 is 0. The highest BCUT2D eigenvalue weighted by Crippen LogP contribution is 2.32. The highest BCUT2D eigenvalue weighted by molar-refractivity contribution is 5.92. The van der Waals surface area contributed by atoms with Crippen molar-refractivity contribution in [2.24, 2.45) is 0 Å². The van der Waals surface area contributed by atoms with Crippen LogP contribution >= 0.6 is 0 Å². The van der Waals surface area contributed by atoms with Crippen molar-refractivity contribution in [3.63, 3.8) is 0 Å². The second-order valence-electron chi connectivity index (χ2n) is 6.23. The Bertz CT molecular complexity index is 935. The second-order valence-corrected chi connectivity index (χ2v) is 6.23. The topological polar surface area (TPSA) is 61.1 Å². The molecule has 0 aliphatic carbocycles. The van der Waals surface area contributed by atoms with E-state index in [-0.39, 0.29) is 25.1 Å². The summed E-state index contributed by atoms with van der Waals surface area (Å²) in [4.78, 5) is 14.4. The quantitative estimate of drug-likeness (QED) is 0.664. The molecule has 138 valence electrons. The number of fused-ring (bicyclic) bond motifs is 1. The summed E-state index contributed by atoms with van der Waals surface area (Å²) in [5.41, 5.74) is 1.66. The van der Waals surface area contributed by atoms with Gasteiger partial charge in [-0.15, -0.1) is 0 Å². The number of furan rings is 1. The maximum absolute atomic E-state index is 12.8. The second kappa shape index (κ2) is 7.45. The number of ether oxygens (including phenoxy) is 3. The number of carbonyl (C=O) groups is 1. The average molecular weight is 365 g/mol. The molecule has 1 aliphatic heterocycles. The van der Waals surface area contributed by atoms with Crippen LogP contribution in [0.15, 0.2) is 65.3 Å². The van der Waals surface area contributed by atoms with Gasteiger partial charge >= 0.3 is 0 Å². The van der Waals surface area contributed by atoms with Crippen LogP contribution in [0.5, 0.6) is 17.2 Å². The van der Waals surface area contributed by atoms with Crippen molar-refractivity contribution in [2.75, 3.05) is 13.8 Å². The number of carbonyl (C=O) groups excluding carboxylic acids is 1. The zero-order valence-electron chi connectivity index (χ0n) is 14.9. The van der Waals surface area contributed by atoms with E-state index in [1.807, 2.05) is 48.5 Å². The van der Waals surface area contributed by atoms with Crippen molar-refractivity contribution >= 4 is 5.91 Å². The van der Waals surface area contributed by atoms with Crippen LogP contribution in [-0.2, 0) is 13.2 Å². The maximum atomic E-state index is 12.8. The van der Waals surface area contributed by atoms with Crippen LogP contribution in [0.25, 0.3) is 0 Å². The molecule has 27 heavy (non-hydrogen) atoms. The van der Waals surface area contributed by atoms with Crippen LogP contribution in [0.4, 0.5) is 0 Å². The lowest BCUT2D eigenvalue weighted by Crippen LogP contribution is -2.26. The fourth-order valence-corrected chi connectivity index (χ4v) is 2.87. The maximum Gasteiger partial charge on any atom is 0.290 e. The molecule has 0 unspecified atom stereocenters. The average Bonchev–Trinajstić information content (AvgIpc) is 3.35. The summed E-state index contributed by atoms with van der Waals surface area (Å²) in [5.74, 6) is 2.24. The molecule has 6 nitrogen and oxygen atoms in total. The smallest absolute Gasteiger partial charge is 0.290 e. The molecule has 1 aliphatic rings. The third-order valence-electron chi connectivity index (χ3n) is 4.28. The first-order chi connectivity index (χ1) is 13.2. The van der Waals surface area contributed by atoms with E-state index < -0.39 is 0 Å². The van der Waals surface area contributed by atoms with Crippen LogP contribution in [0.1, 0.15) is 21.7 Å². The molecule has 0 spiro atoms. The third kappa shape index (κ3) is 3.74. The minimum atomic E-state index is -0.204. The number of hydrogen-bond donors (Lipinski definition) is 0. The molecule has 0 saturated heterocycles. The van der Waals surface area contributed by atoms with Gasteiger partial charge in [-0.3, -0.25) is 4.79 Å². The molecular formula is C21H19NO5. The largest absolute Gasteiger partial charge is 0.489 e. The summed E-state index contributed by atoms with van der Waals surface area (Å²) in [6.07, 6.45) is 1.51. The summed E-state index contributed by atoms with van der Waals surface area (Å²) in [7, 11) is 1.73. The van der Waals surface area contributed by atoms with Crippen molar-refractivity contribution in [1.82, 2.24) is 4.90 Å². The van der Waals surface area contributed by atoms with E-state index in [0.29, 0.717) is 17.9 Å². The first-order valence-electron chi connectivity index (χ1n) is 8.59. The Balaban J connectivity index is 1.42. The zero-order valence-corrected chi connectivity index (χ0v) is 14.9. The van der Waals surface area contributed by atoms with Crippen molar-refractivity contribution in [2.45, 2.75) is 13.2 Å². The molecule has 4 rings (SSSR count). The molecule has 0 saturated carbocycles. The summed E-state index contributed by atoms with van der Waals surface area (Å²) < 4.78 is 21.9. The van der Waals surface area contributed by atoms with Gasteiger partial charge in [0.25, 0.3) is 5.91 Å². The summed E-state index contributed by atoms with van der Waals surface area (Å²) in [6.45, 7) is 0.916. The minimum Gasteiger partial charge on any atom is -0.489 e. The van der Waals surface area contributed by atoms with Crippen LogP contribution in [-0.4, -0.2) is 24.6 Å². The minimum absolute atomic E-state index is 0.204. The third-order valence-corrected chi connectivity index (χ3v) is 4.28. The fraction of sp³-hybridized carbons (Fsp3) is 0.190. The Hall–Kier alpha value is -3.41. The van der Waals surface area contributed by atoms with Crippen LogP contribution in [0.2, 0.25) is 0 Å². The van der Waals surface area contributed by atoms with E-state index in [0.717, 1.165) is 17.1 Å². The van der Waals surface area contributed by atoms with E-state index in [1.54, 1.807) is 18.0 Å². The molecule has 2 aromatic carbocycles. The van der Waals surface area contributed by atoms with Gasteiger partial charge in [-0.1, -0.05) is 24.3 Å². The van der Waals surface area contributed by atoms with Crippen LogP contribution < -0.4 is 14.2 Å². The monoisotopic (exact) mass is 365 g/mol. The normalized spacial score (nSPS) is 12.0. The number of para-hydroxylation sites is 1. The predicted octanol–water partition coefficient (Wildman–Crippen LogP) is 3.86. The van der Waals surface area contributed by atoms with Gasteiger partial charge in [-0.25, -0.2) is 0 Å². The van der Waals surface area contributed by atoms with Crippen molar-refractivity contribution in [3.8, 4) is 17.2 Å². The van der Waals surface area contributed by atoms with E-state index in [4.69, 9.17) is 18.6 Å².